The number of benzene rings is 3. The van der Waals surface area contributed by atoms with Crippen LogP contribution in [0.25, 0.3) is 11.6 Å². The minimum absolute atomic E-state index is 0.188. The zero-order valence-electron chi connectivity index (χ0n) is 17.3. The molecule has 0 saturated heterocycles. The van der Waals surface area contributed by atoms with E-state index in [2.05, 4.69) is 34.0 Å². The monoisotopic (exact) mass is 542 g/mol. The lowest BCUT2D eigenvalue weighted by Gasteiger charge is -2.15. The topological polar surface area (TPSA) is 71.3 Å². The number of amides is 1. The van der Waals surface area contributed by atoms with Crippen molar-refractivity contribution in [2.24, 2.45) is 0 Å². The summed E-state index contributed by atoms with van der Waals surface area (Å²) in [4.78, 5) is 12.2. The summed E-state index contributed by atoms with van der Waals surface area (Å²) in [6.07, 6.45) is 1.66. The van der Waals surface area contributed by atoms with Gasteiger partial charge in [0.05, 0.1) is 21.8 Å². The summed E-state index contributed by atoms with van der Waals surface area (Å²) in [6.45, 7) is 2.05. The standard InChI is InChI=1S/C25H20FIN2O3/c1-2-31-23-13-17(11-19(15-28)18-7-6-8-20(26)14-18)12-22(27)25(23)32-16-24(30)29-21-9-4-3-5-10-21/h3-14H,2,16H2,1H3,(H,29,30)/b19-11-. The SMILES string of the molecule is CCOc1cc(/C=C(/C#N)c2cccc(F)c2)cc(I)c1OCC(=O)Nc1ccccc1. The number of para-hydroxylation sites is 1. The molecule has 0 radical (unpaired) electrons. The zero-order chi connectivity index (χ0) is 22.9. The number of carbonyl (C=O) groups is 1. The van der Waals surface area contributed by atoms with Crippen molar-refractivity contribution in [3.63, 3.8) is 0 Å². The summed E-state index contributed by atoms with van der Waals surface area (Å²) < 4.78 is 25.8. The van der Waals surface area contributed by atoms with Crippen molar-refractivity contribution in [1.82, 2.24) is 0 Å². The normalized spacial score (nSPS) is 10.9. The van der Waals surface area contributed by atoms with Gasteiger partial charge in [0.25, 0.3) is 5.91 Å². The van der Waals surface area contributed by atoms with Gasteiger partial charge in [-0.15, -0.1) is 0 Å². The molecule has 3 aromatic rings. The van der Waals surface area contributed by atoms with E-state index in [1.165, 1.54) is 12.1 Å². The van der Waals surface area contributed by atoms with E-state index >= 15 is 0 Å². The number of anilines is 1. The molecule has 0 spiro atoms. The van der Waals surface area contributed by atoms with Crippen molar-refractivity contribution in [3.8, 4) is 17.6 Å². The smallest absolute Gasteiger partial charge is 0.262 e. The molecule has 7 heteroatoms. The van der Waals surface area contributed by atoms with Crippen LogP contribution in [0.3, 0.4) is 0 Å². The third-order valence-corrected chi connectivity index (χ3v) is 5.11. The van der Waals surface area contributed by atoms with Gasteiger partial charge < -0.3 is 14.8 Å². The number of hydrogen-bond donors (Lipinski definition) is 1. The molecule has 0 bridgehead atoms. The van der Waals surface area contributed by atoms with Gasteiger partial charge in [-0.2, -0.15) is 5.26 Å². The van der Waals surface area contributed by atoms with E-state index in [4.69, 9.17) is 9.47 Å². The Labute approximate surface area is 199 Å². The van der Waals surface area contributed by atoms with Gasteiger partial charge in [-0.05, 0) is 83.1 Å². The summed E-state index contributed by atoms with van der Waals surface area (Å²) in [5.41, 5.74) is 2.18. The highest BCUT2D eigenvalue weighted by Gasteiger charge is 2.14. The highest BCUT2D eigenvalue weighted by atomic mass is 127. The molecule has 1 amide bonds. The van der Waals surface area contributed by atoms with Gasteiger partial charge in [0, 0.05) is 5.69 Å². The first-order valence-electron chi connectivity index (χ1n) is 9.82. The van der Waals surface area contributed by atoms with E-state index in [0.717, 1.165) is 0 Å². The van der Waals surface area contributed by atoms with Crippen LogP contribution in [-0.2, 0) is 4.79 Å². The molecule has 0 atom stereocenters. The average Bonchev–Trinajstić information content (AvgIpc) is 2.78. The lowest BCUT2D eigenvalue weighted by molar-refractivity contribution is -0.118. The largest absolute Gasteiger partial charge is 0.490 e. The van der Waals surface area contributed by atoms with Crippen LogP contribution in [0, 0.1) is 20.7 Å². The van der Waals surface area contributed by atoms with Crippen LogP contribution < -0.4 is 14.8 Å². The molecule has 1 N–H and O–H groups in total. The molecule has 5 nitrogen and oxygen atoms in total. The molecule has 32 heavy (non-hydrogen) atoms. The molecule has 0 saturated carbocycles. The summed E-state index contributed by atoms with van der Waals surface area (Å²) in [7, 11) is 0. The number of carbonyl (C=O) groups excluding carboxylic acids is 1. The maximum Gasteiger partial charge on any atom is 0.262 e. The lowest BCUT2D eigenvalue weighted by Crippen LogP contribution is -2.20. The number of halogens is 2. The quantitative estimate of drug-likeness (QED) is 0.218. The molecule has 0 unspecified atom stereocenters. The number of nitrogens with zero attached hydrogens (tertiary/aromatic N) is 1. The minimum Gasteiger partial charge on any atom is -0.490 e. The van der Waals surface area contributed by atoms with E-state index in [-0.39, 0.29) is 12.5 Å². The van der Waals surface area contributed by atoms with Crippen LogP contribution in [0.5, 0.6) is 11.5 Å². The Morgan fingerprint density at radius 1 is 1.12 bits per heavy atom. The lowest BCUT2D eigenvalue weighted by atomic mass is 10.0. The molecule has 162 valence electrons. The fourth-order valence-electron chi connectivity index (χ4n) is 2.93. The van der Waals surface area contributed by atoms with E-state index in [1.54, 1.807) is 36.4 Å². The van der Waals surface area contributed by atoms with E-state index in [1.807, 2.05) is 31.2 Å². The molecule has 0 aliphatic heterocycles. The predicted octanol–water partition coefficient (Wildman–Crippen LogP) is 5.91. The van der Waals surface area contributed by atoms with Crippen molar-refractivity contribution in [1.29, 1.82) is 5.26 Å². The Hall–Kier alpha value is -3.38. The Morgan fingerprint density at radius 2 is 1.91 bits per heavy atom. The molecule has 0 fully saturated rings. The number of hydrogen-bond acceptors (Lipinski definition) is 4. The molecule has 0 heterocycles. The molecular formula is C25H20FIN2O3. The number of rotatable bonds is 8. The van der Waals surface area contributed by atoms with Crippen LogP contribution in [-0.4, -0.2) is 19.1 Å². The fourth-order valence-corrected chi connectivity index (χ4v) is 3.71. The van der Waals surface area contributed by atoms with Gasteiger partial charge in [-0.3, -0.25) is 4.79 Å². The molecule has 3 rings (SSSR count). The number of allylic oxidation sites excluding steroid dienone is 1. The van der Waals surface area contributed by atoms with Crippen molar-refractivity contribution in [2.75, 3.05) is 18.5 Å². The summed E-state index contributed by atoms with van der Waals surface area (Å²) in [6, 6.07) is 20.6. The van der Waals surface area contributed by atoms with Crippen LogP contribution in [0.15, 0.2) is 66.7 Å². The number of nitrogens with one attached hydrogen (secondary N) is 1. The summed E-state index contributed by atoms with van der Waals surface area (Å²) in [5, 5.41) is 12.3. The van der Waals surface area contributed by atoms with E-state index in [9.17, 15) is 14.4 Å². The van der Waals surface area contributed by atoms with Crippen molar-refractivity contribution >= 4 is 45.8 Å². The Morgan fingerprint density at radius 3 is 2.59 bits per heavy atom. The molecular weight excluding hydrogens is 522 g/mol. The Bertz CT molecular complexity index is 1170. The van der Waals surface area contributed by atoms with Gasteiger partial charge >= 0.3 is 0 Å². The third kappa shape index (κ3) is 6.31. The highest BCUT2D eigenvalue weighted by molar-refractivity contribution is 14.1. The predicted molar refractivity (Wildman–Crippen MR) is 131 cm³/mol. The molecule has 0 aromatic heterocycles. The van der Waals surface area contributed by atoms with E-state index < -0.39 is 5.82 Å². The fraction of sp³-hybridized carbons (Fsp3) is 0.120. The second-order valence-corrected chi connectivity index (χ2v) is 7.81. The summed E-state index contributed by atoms with van der Waals surface area (Å²) in [5.74, 6) is 0.189. The van der Waals surface area contributed by atoms with Crippen LogP contribution in [0.2, 0.25) is 0 Å². The van der Waals surface area contributed by atoms with Crippen molar-refractivity contribution in [3.05, 3.63) is 87.2 Å². The second-order valence-electron chi connectivity index (χ2n) is 6.65. The number of ether oxygens (including phenoxy) is 2. The zero-order valence-corrected chi connectivity index (χ0v) is 19.4. The third-order valence-electron chi connectivity index (χ3n) is 4.30. The van der Waals surface area contributed by atoms with Crippen LogP contribution >= 0.6 is 22.6 Å². The Balaban J connectivity index is 1.83. The van der Waals surface area contributed by atoms with Crippen molar-refractivity contribution in [2.45, 2.75) is 6.92 Å². The maximum absolute atomic E-state index is 13.6. The highest BCUT2D eigenvalue weighted by Crippen LogP contribution is 2.35. The van der Waals surface area contributed by atoms with Gasteiger partial charge in [0.2, 0.25) is 0 Å². The summed E-state index contributed by atoms with van der Waals surface area (Å²) >= 11 is 2.09. The number of nitriles is 1. The van der Waals surface area contributed by atoms with Crippen LogP contribution in [0.4, 0.5) is 10.1 Å². The Kier molecular flexibility index (Phi) is 8.22. The second kappa shape index (κ2) is 11.3. The van der Waals surface area contributed by atoms with Gasteiger partial charge in [0.1, 0.15) is 5.82 Å². The van der Waals surface area contributed by atoms with Crippen LogP contribution in [0.1, 0.15) is 18.1 Å². The van der Waals surface area contributed by atoms with Gasteiger partial charge in [-0.25, -0.2) is 4.39 Å². The molecule has 3 aromatic carbocycles. The van der Waals surface area contributed by atoms with E-state index in [0.29, 0.717) is 44.1 Å². The van der Waals surface area contributed by atoms with Gasteiger partial charge in [-0.1, -0.05) is 30.3 Å². The maximum atomic E-state index is 13.6. The van der Waals surface area contributed by atoms with Gasteiger partial charge in [0.15, 0.2) is 18.1 Å². The first kappa shape index (κ1) is 23.3. The molecule has 0 aliphatic carbocycles. The first-order valence-corrected chi connectivity index (χ1v) is 10.9. The minimum atomic E-state index is -0.411. The average molecular weight is 542 g/mol. The van der Waals surface area contributed by atoms with Crippen molar-refractivity contribution < 1.29 is 18.7 Å². The molecule has 0 aliphatic rings. The first-order chi connectivity index (χ1) is 15.5.